The highest BCUT2D eigenvalue weighted by atomic mass is 32.2. The van der Waals surface area contributed by atoms with E-state index in [4.69, 9.17) is 0 Å². The van der Waals surface area contributed by atoms with Crippen molar-refractivity contribution >= 4 is 17.7 Å². The fraction of sp³-hybridized carbons (Fsp3) is 0.222. The molecule has 0 atom stereocenters. The van der Waals surface area contributed by atoms with Gasteiger partial charge in [-0.15, -0.1) is 10.2 Å². The van der Waals surface area contributed by atoms with Crippen LogP contribution in [0.2, 0.25) is 0 Å². The molecule has 1 aromatic carbocycles. The van der Waals surface area contributed by atoms with E-state index >= 15 is 0 Å². The lowest BCUT2D eigenvalue weighted by molar-refractivity contribution is -0.125. The zero-order chi connectivity index (χ0) is 17.6. The van der Waals surface area contributed by atoms with E-state index < -0.39 is 0 Å². The molecule has 25 heavy (non-hydrogen) atoms. The van der Waals surface area contributed by atoms with Crippen LogP contribution in [0.1, 0.15) is 5.56 Å². The van der Waals surface area contributed by atoms with Gasteiger partial charge in [-0.1, -0.05) is 42.1 Å². The number of carbonyl (C=O) groups excluding carboxylic acids is 1. The van der Waals surface area contributed by atoms with Crippen molar-refractivity contribution in [3.63, 3.8) is 0 Å². The van der Waals surface area contributed by atoms with Crippen LogP contribution in [0.5, 0.6) is 0 Å². The Kier molecular flexibility index (Phi) is 5.45. The molecule has 0 saturated carbocycles. The highest BCUT2D eigenvalue weighted by molar-refractivity contribution is 7.99. The number of hydrogen-bond acceptors (Lipinski definition) is 5. The third kappa shape index (κ3) is 4.24. The predicted octanol–water partition coefficient (Wildman–Crippen LogP) is 2.57. The third-order valence-corrected chi connectivity index (χ3v) is 4.61. The van der Waals surface area contributed by atoms with Crippen LogP contribution in [0.3, 0.4) is 0 Å². The smallest absolute Gasteiger partial charge is 0.232 e. The minimum Gasteiger partial charge on any atom is -0.348 e. The summed E-state index contributed by atoms with van der Waals surface area (Å²) in [7, 11) is 3.50. The van der Waals surface area contributed by atoms with Gasteiger partial charge in [-0.3, -0.25) is 14.3 Å². The molecular formula is C18H19N5OS. The molecule has 3 aromatic rings. The van der Waals surface area contributed by atoms with E-state index in [9.17, 15) is 4.79 Å². The lowest BCUT2D eigenvalue weighted by Gasteiger charge is -2.12. The van der Waals surface area contributed by atoms with Crippen molar-refractivity contribution in [1.29, 1.82) is 0 Å². The molecule has 2 heterocycles. The van der Waals surface area contributed by atoms with E-state index in [0.717, 1.165) is 22.1 Å². The van der Waals surface area contributed by atoms with Gasteiger partial charge in [0, 0.05) is 32.1 Å². The summed E-state index contributed by atoms with van der Waals surface area (Å²) in [4.78, 5) is 17.5. The highest BCUT2D eigenvalue weighted by Crippen LogP contribution is 2.25. The summed E-state index contributed by atoms with van der Waals surface area (Å²) in [6.45, 7) is 0.643. The maximum absolute atomic E-state index is 11.9. The number of nitrogens with zero attached hydrogens (tertiary/aromatic N) is 5. The molecule has 0 bridgehead atoms. The first kappa shape index (κ1) is 17.2. The number of amides is 1. The standard InChI is InChI=1S/C18H19N5OS/c1-22(2)16(24)13-25-18-21-20-17(15-8-10-19-11-9-15)23(18)12-14-6-4-3-5-7-14/h3-11H,12-13H2,1-2H3. The van der Waals surface area contributed by atoms with E-state index in [-0.39, 0.29) is 5.91 Å². The molecule has 0 aliphatic rings. The Morgan fingerprint density at radius 1 is 1.08 bits per heavy atom. The Labute approximate surface area is 150 Å². The Hall–Kier alpha value is -2.67. The average molecular weight is 353 g/mol. The van der Waals surface area contributed by atoms with Crippen molar-refractivity contribution in [2.75, 3.05) is 19.8 Å². The van der Waals surface area contributed by atoms with Crippen LogP contribution in [0.25, 0.3) is 11.4 Å². The summed E-state index contributed by atoms with van der Waals surface area (Å²) in [5.41, 5.74) is 2.10. The predicted molar refractivity (Wildman–Crippen MR) is 98.2 cm³/mol. The number of pyridine rings is 1. The SMILES string of the molecule is CN(C)C(=O)CSc1nnc(-c2ccncc2)n1Cc1ccccc1. The van der Waals surface area contributed by atoms with Gasteiger partial charge in [0.25, 0.3) is 0 Å². The molecule has 0 spiro atoms. The van der Waals surface area contributed by atoms with Gasteiger partial charge in [0.1, 0.15) is 0 Å². The van der Waals surface area contributed by atoms with Crippen molar-refractivity contribution in [2.45, 2.75) is 11.7 Å². The largest absolute Gasteiger partial charge is 0.348 e. The topological polar surface area (TPSA) is 63.9 Å². The van der Waals surface area contributed by atoms with Crippen LogP contribution in [0, 0.1) is 0 Å². The molecule has 0 unspecified atom stereocenters. The average Bonchev–Trinajstić information content (AvgIpc) is 3.03. The Morgan fingerprint density at radius 2 is 1.80 bits per heavy atom. The first-order valence-electron chi connectivity index (χ1n) is 7.85. The fourth-order valence-corrected chi connectivity index (χ4v) is 3.19. The van der Waals surface area contributed by atoms with Crippen molar-refractivity contribution in [2.24, 2.45) is 0 Å². The second-order valence-corrected chi connectivity index (χ2v) is 6.63. The van der Waals surface area contributed by atoms with E-state index in [1.54, 1.807) is 31.4 Å². The second-order valence-electron chi connectivity index (χ2n) is 5.69. The molecule has 0 radical (unpaired) electrons. The highest BCUT2D eigenvalue weighted by Gasteiger charge is 2.16. The van der Waals surface area contributed by atoms with Crippen molar-refractivity contribution in [3.05, 3.63) is 60.4 Å². The molecule has 7 heteroatoms. The Balaban J connectivity index is 1.92. The first-order valence-corrected chi connectivity index (χ1v) is 8.84. The van der Waals surface area contributed by atoms with Gasteiger partial charge in [-0.05, 0) is 17.7 Å². The summed E-state index contributed by atoms with van der Waals surface area (Å²) in [5.74, 6) is 1.15. The zero-order valence-electron chi connectivity index (χ0n) is 14.2. The van der Waals surface area contributed by atoms with Crippen LogP contribution < -0.4 is 0 Å². The van der Waals surface area contributed by atoms with Gasteiger partial charge in [0.05, 0.1) is 12.3 Å². The molecule has 6 nitrogen and oxygen atoms in total. The zero-order valence-corrected chi connectivity index (χ0v) is 15.0. The van der Waals surface area contributed by atoms with Crippen LogP contribution in [-0.4, -0.2) is 50.4 Å². The van der Waals surface area contributed by atoms with Gasteiger partial charge in [0.2, 0.25) is 5.91 Å². The number of benzene rings is 1. The molecule has 128 valence electrons. The summed E-state index contributed by atoms with van der Waals surface area (Å²) in [5, 5.41) is 9.38. The number of hydrogen-bond donors (Lipinski definition) is 0. The normalized spacial score (nSPS) is 10.6. The van der Waals surface area contributed by atoms with Gasteiger partial charge >= 0.3 is 0 Å². The monoisotopic (exact) mass is 353 g/mol. The van der Waals surface area contributed by atoms with E-state index in [1.807, 2.05) is 34.9 Å². The summed E-state index contributed by atoms with van der Waals surface area (Å²) < 4.78 is 2.04. The van der Waals surface area contributed by atoms with Crippen molar-refractivity contribution in [1.82, 2.24) is 24.6 Å². The summed E-state index contributed by atoms with van der Waals surface area (Å²) >= 11 is 1.40. The van der Waals surface area contributed by atoms with E-state index in [0.29, 0.717) is 12.3 Å². The molecule has 0 aliphatic heterocycles. The van der Waals surface area contributed by atoms with Gasteiger partial charge in [0.15, 0.2) is 11.0 Å². The Bertz CT molecular complexity index is 833. The lowest BCUT2D eigenvalue weighted by Crippen LogP contribution is -2.23. The van der Waals surface area contributed by atoms with Crippen LogP contribution >= 0.6 is 11.8 Å². The van der Waals surface area contributed by atoms with Crippen LogP contribution in [-0.2, 0) is 11.3 Å². The van der Waals surface area contributed by atoms with Crippen molar-refractivity contribution in [3.8, 4) is 11.4 Å². The maximum atomic E-state index is 11.9. The van der Waals surface area contributed by atoms with Gasteiger partial charge < -0.3 is 4.90 Å². The quantitative estimate of drug-likeness (QED) is 0.637. The Morgan fingerprint density at radius 3 is 2.48 bits per heavy atom. The van der Waals surface area contributed by atoms with Crippen LogP contribution in [0.4, 0.5) is 0 Å². The lowest BCUT2D eigenvalue weighted by atomic mass is 10.2. The minimum absolute atomic E-state index is 0.0460. The number of rotatable bonds is 6. The summed E-state index contributed by atoms with van der Waals surface area (Å²) in [6, 6.07) is 14.0. The molecule has 2 aromatic heterocycles. The number of carbonyl (C=O) groups is 1. The third-order valence-electron chi connectivity index (χ3n) is 3.66. The molecule has 0 fully saturated rings. The van der Waals surface area contributed by atoms with Gasteiger partial charge in [-0.25, -0.2) is 0 Å². The molecule has 3 rings (SSSR count). The summed E-state index contributed by atoms with van der Waals surface area (Å²) in [6.07, 6.45) is 3.47. The number of aromatic nitrogens is 4. The van der Waals surface area contributed by atoms with E-state index in [1.165, 1.54) is 11.8 Å². The van der Waals surface area contributed by atoms with Crippen molar-refractivity contribution < 1.29 is 4.79 Å². The molecule has 0 N–H and O–H groups in total. The number of thioether (sulfide) groups is 1. The van der Waals surface area contributed by atoms with Crippen LogP contribution in [0.15, 0.2) is 60.0 Å². The van der Waals surface area contributed by atoms with E-state index in [2.05, 4.69) is 27.3 Å². The molecule has 0 saturated heterocycles. The molecule has 1 amide bonds. The minimum atomic E-state index is 0.0460. The van der Waals surface area contributed by atoms with Gasteiger partial charge in [-0.2, -0.15) is 0 Å². The molecular weight excluding hydrogens is 334 g/mol. The first-order chi connectivity index (χ1) is 12.1. The fourth-order valence-electron chi connectivity index (χ4n) is 2.27. The maximum Gasteiger partial charge on any atom is 0.232 e. The molecule has 0 aliphatic carbocycles. The second kappa shape index (κ2) is 7.94.